The first-order valence-corrected chi connectivity index (χ1v) is 14.9. The smallest absolute Gasteiger partial charge is 0.417 e. The molecule has 1 N–H and O–H groups in total. The van der Waals surface area contributed by atoms with Crippen molar-refractivity contribution in [3.63, 3.8) is 0 Å². The number of anilines is 1. The second-order valence-corrected chi connectivity index (χ2v) is 12.9. The van der Waals surface area contributed by atoms with Gasteiger partial charge in [0.05, 0.1) is 17.9 Å². The number of alkyl halides is 3. The first-order chi connectivity index (χ1) is 20.0. The van der Waals surface area contributed by atoms with Crippen molar-refractivity contribution in [3.8, 4) is 16.9 Å². The summed E-state index contributed by atoms with van der Waals surface area (Å²) in [5.41, 5.74) is -0.804. The Morgan fingerprint density at radius 1 is 0.907 bits per heavy atom. The number of nitrogens with one attached hydrogen (secondary N) is 1. The van der Waals surface area contributed by atoms with Gasteiger partial charge in [0.2, 0.25) is 0 Å². The average Bonchev–Trinajstić information content (AvgIpc) is 2.90. The third-order valence-electron chi connectivity index (χ3n) is 6.03. The number of carbonyl (C=O) groups excluding carboxylic acids is 2. The molecule has 3 aromatic rings. The number of ether oxygens (including phenoxy) is 3. The van der Waals surface area contributed by atoms with Crippen molar-refractivity contribution < 1.29 is 45.4 Å². The minimum atomic E-state index is -4.63. The Morgan fingerprint density at radius 3 is 2.23 bits per heavy atom. The van der Waals surface area contributed by atoms with Gasteiger partial charge in [-0.1, -0.05) is 45.0 Å². The first-order valence-electron chi connectivity index (χ1n) is 13.2. The normalized spacial score (nSPS) is 12.1. The fourth-order valence-corrected chi connectivity index (χ4v) is 6.30. The van der Waals surface area contributed by atoms with Gasteiger partial charge in [0, 0.05) is 25.3 Å². The molecule has 0 aliphatic carbocycles. The number of hydrogen-bond donors (Lipinski definition) is 1. The molecule has 0 fully saturated rings. The largest absolute Gasteiger partial charge is 0.490 e. The first kappa shape index (κ1) is 33.6. The van der Waals surface area contributed by atoms with E-state index in [0.717, 1.165) is 6.07 Å². The van der Waals surface area contributed by atoms with Gasteiger partial charge in [0.15, 0.2) is 9.84 Å². The maximum atomic E-state index is 13.7. The van der Waals surface area contributed by atoms with E-state index in [9.17, 15) is 31.2 Å². The van der Waals surface area contributed by atoms with E-state index in [1.165, 1.54) is 68.6 Å². The molecule has 8 nitrogen and oxygen atoms in total. The van der Waals surface area contributed by atoms with Crippen LogP contribution >= 0.6 is 0 Å². The topological polar surface area (TPSA) is 108 Å². The summed E-state index contributed by atoms with van der Waals surface area (Å²) < 4.78 is 83.2. The predicted molar refractivity (Wildman–Crippen MR) is 156 cm³/mol. The number of methoxy groups -OCH3 is 1. The van der Waals surface area contributed by atoms with Crippen LogP contribution in [-0.2, 0) is 36.9 Å². The number of halogens is 3. The third kappa shape index (κ3) is 9.29. The van der Waals surface area contributed by atoms with Gasteiger partial charge in [-0.2, -0.15) is 13.2 Å². The summed E-state index contributed by atoms with van der Waals surface area (Å²) in [6.07, 6.45) is -4.63. The van der Waals surface area contributed by atoms with Gasteiger partial charge >= 0.3 is 12.1 Å². The zero-order valence-corrected chi connectivity index (χ0v) is 25.3. The van der Waals surface area contributed by atoms with E-state index in [-0.39, 0.29) is 64.2 Å². The summed E-state index contributed by atoms with van der Waals surface area (Å²) in [5, 5.41) is 2.67. The Bertz CT molecular complexity index is 1580. The zero-order valence-electron chi connectivity index (χ0n) is 24.5. The van der Waals surface area contributed by atoms with E-state index < -0.39 is 38.9 Å². The molecule has 0 saturated heterocycles. The Balaban J connectivity index is 1.99. The van der Waals surface area contributed by atoms with Crippen LogP contribution in [0.4, 0.5) is 18.9 Å². The van der Waals surface area contributed by atoms with Crippen molar-refractivity contribution in [2.45, 2.75) is 45.4 Å². The molecule has 12 heteroatoms. The van der Waals surface area contributed by atoms with Crippen LogP contribution < -0.4 is 10.1 Å². The standard InChI is InChI=1S/C31H34F3NO7S/c1-20(36)42-18-22-16-23(11-12-24(22)25-8-6-7-9-26(25)31(32,33)34)35-29(37)21-10-13-28(27(17-21)41-15-14-40-5)43(38,39)19-30(2,3)4/h6-13,16-17H,14-15,18-19H2,1-5H3,(H,35,37). The number of rotatable bonds is 11. The van der Waals surface area contributed by atoms with E-state index in [0.29, 0.717) is 0 Å². The fourth-order valence-electron chi connectivity index (χ4n) is 4.30. The zero-order chi connectivity index (χ0) is 32.0. The molecule has 0 atom stereocenters. The highest BCUT2D eigenvalue weighted by Gasteiger charge is 2.34. The summed E-state index contributed by atoms with van der Waals surface area (Å²) in [4.78, 5) is 24.7. The predicted octanol–water partition coefficient (Wildman–Crippen LogP) is 6.53. The van der Waals surface area contributed by atoms with Gasteiger partial charge in [0.1, 0.15) is 23.9 Å². The minimum absolute atomic E-state index is 0.0106. The SMILES string of the molecule is COCCOc1cc(C(=O)Nc2ccc(-c3ccccc3C(F)(F)F)c(COC(C)=O)c2)ccc1S(=O)(=O)CC(C)(C)C. The van der Waals surface area contributed by atoms with Crippen LogP contribution in [0.2, 0.25) is 0 Å². The monoisotopic (exact) mass is 621 g/mol. The Labute approximate surface area is 249 Å². The molecule has 0 unspecified atom stereocenters. The maximum Gasteiger partial charge on any atom is 0.417 e. The van der Waals surface area contributed by atoms with Crippen LogP contribution in [-0.4, -0.2) is 46.4 Å². The van der Waals surface area contributed by atoms with Gasteiger partial charge in [-0.3, -0.25) is 9.59 Å². The lowest BCUT2D eigenvalue weighted by Gasteiger charge is -2.20. The molecule has 0 saturated carbocycles. The molecular formula is C31H34F3NO7S. The lowest BCUT2D eigenvalue weighted by Crippen LogP contribution is -2.22. The van der Waals surface area contributed by atoms with E-state index in [4.69, 9.17) is 14.2 Å². The second-order valence-electron chi connectivity index (χ2n) is 11.0. The Hall–Kier alpha value is -3.90. The summed E-state index contributed by atoms with van der Waals surface area (Å²) in [5.74, 6) is -1.42. The van der Waals surface area contributed by atoms with Crippen molar-refractivity contribution in [3.05, 3.63) is 77.4 Å². The number of carbonyl (C=O) groups is 2. The maximum absolute atomic E-state index is 13.7. The van der Waals surface area contributed by atoms with Crippen molar-refractivity contribution in [1.82, 2.24) is 0 Å². The number of amides is 1. The number of hydrogen-bond acceptors (Lipinski definition) is 7. The highest BCUT2D eigenvalue weighted by Crippen LogP contribution is 2.39. The highest BCUT2D eigenvalue weighted by atomic mass is 32.2. The van der Waals surface area contributed by atoms with Crippen molar-refractivity contribution >= 4 is 27.4 Å². The Morgan fingerprint density at radius 2 is 1.60 bits per heavy atom. The molecule has 3 aromatic carbocycles. The van der Waals surface area contributed by atoms with Crippen LogP contribution in [0.15, 0.2) is 65.6 Å². The number of sulfone groups is 1. The van der Waals surface area contributed by atoms with Gasteiger partial charge in [-0.15, -0.1) is 0 Å². The molecule has 0 aromatic heterocycles. The van der Waals surface area contributed by atoms with Gasteiger partial charge in [-0.05, 0) is 58.5 Å². The van der Waals surface area contributed by atoms with Crippen molar-refractivity contribution in [2.75, 3.05) is 31.4 Å². The summed E-state index contributed by atoms with van der Waals surface area (Å²) in [6.45, 7) is 6.44. The van der Waals surface area contributed by atoms with Crippen molar-refractivity contribution in [1.29, 1.82) is 0 Å². The minimum Gasteiger partial charge on any atom is -0.490 e. The summed E-state index contributed by atoms with van der Waals surface area (Å²) >= 11 is 0. The Kier molecular flexibility index (Phi) is 10.6. The van der Waals surface area contributed by atoms with Crippen LogP contribution in [0.5, 0.6) is 5.75 Å². The van der Waals surface area contributed by atoms with E-state index in [1.807, 2.05) is 0 Å². The lowest BCUT2D eigenvalue weighted by atomic mass is 9.94. The van der Waals surface area contributed by atoms with Gasteiger partial charge in [0.25, 0.3) is 5.91 Å². The molecule has 43 heavy (non-hydrogen) atoms. The second kappa shape index (κ2) is 13.6. The molecule has 3 rings (SSSR count). The molecule has 0 heterocycles. The van der Waals surface area contributed by atoms with Gasteiger partial charge < -0.3 is 19.5 Å². The molecule has 0 bridgehead atoms. The number of benzene rings is 3. The average molecular weight is 622 g/mol. The van der Waals surface area contributed by atoms with Crippen LogP contribution in [0.25, 0.3) is 11.1 Å². The van der Waals surface area contributed by atoms with Crippen LogP contribution in [0, 0.1) is 5.41 Å². The van der Waals surface area contributed by atoms with Crippen molar-refractivity contribution in [2.24, 2.45) is 5.41 Å². The lowest BCUT2D eigenvalue weighted by molar-refractivity contribution is -0.142. The molecule has 0 aliphatic heterocycles. The molecule has 0 aliphatic rings. The molecule has 0 radical (unpaired) electrons. The summed E-state index contributed by atoms with van der Waals surface area (Å²) in [6, 6.07) is 13.2. The van der Waals surface area contributed by atoms with Crippen LogP contribution in [0.3, 0.4) is 0 Å². The third-order valence-corrected chi connectivity index (χ3v) is 8.28. The highest BCUT2D eigenvalue weighted by molar-refractivity contribution is 7.91. The van der Waals surface area contributed by atoms with E-state index in [2.05, 4.69) is 5.32 Å². The van der Waals surface area contributed by atoms with E-state index in [1.54, 1.807) is 20.8 Å². The number of esters is 1. The molecule has 232 valence electrons. The molecular weight excluding hydrogens is 587 g/mol. The van der Waals surface area contributed by atoms with Crippen LogP contribution in [0.1, 0.15) is 49.2 Å². The van der Waals surface area contributed by atoms with E-state index >= 15 is 0 Å². The van der Waals surface area contributed by atoms with Gasteiger partial charge in [-0.25, -0.2) is 8.42 Å². The molecule has 0 spiro atoms. The molecule has 1 amide bonds. The fraction of sp³-hybridized carbons (Fsp3) is 0.355. The quantitative estimate of drug-likeness (QED) is 0.192. The summed E-state index contributed by atoms with van der Waals surface area (Å²) in [7, 11) is -2.30.